The normalized spacial score (nSPS) is 37.1. The van der Waals surface area contributed by atoms with Crippen LogP contribution in [-0.2, 0) is 9.59 Å². The first-order valence-electron chi connectivity index (χ1n) is 9.15. The maximum atomic E-state index is 11.7. The van der Waals surface area contributed by atoms with E-state index >= 15 is 0 Å². The van der Waals surface area contributed by atoms with Crippen molar-refractivity contribution in [1.82, 2.24) is 16.0 Å². The van der Waals surface area contributed by atoms with Crippen molar-refractivity contribution in [3.8, 4) is 0 Å². The molecule has 3 fully saturated rings. The molecule has 0 radical (unpaired) electrons. The Morgan fingerprint density at radius 3 is 2.09 bits per heavy atom. The lowest BCUT2D eigenvalue weighted by Gasteiger charge is -2.33. The highest BCUT2D eigenvalue weighted by Crippen LogP contribution is 2.31. The Hall–Kier alpha value is -1.14. The Balaban J connectivity index is 1.39. The Kier molecular flexibility index (Phi) is 5.54. The van der Waals surface area contributed by atoms with E-state index in [9.17, 15) is 9.59 Å². The van der Waals surface area contributed by atoms with Gasteiger partial charge in [-0.05, 0) is 44.4 Å². The van der Waals surface area contributed by atoms with Crippen LogP contribution in [0.1, 0.15) is 64.2 Å². The largest absolute Gasteiger partial charge is 0.481 e. The molecule has 2 atom stereocenters. The van der Waals surface area contributed by atoms with Crippen LogP contribution in [0.2, 0.25) is 0 Å². The fourth-order valence-electron chi connectivity index (χ4n) is 4.43. The maximum Gasteiger partial charge on any atom is 0.303 e. The molecule has 4 N–H and O–H groups in total. The van der Waals surface area contributed by atoms with Crippen molar-refractivity contribution in [2.75, 3.05) is 0 Å². The van der Waals surface area contributed by atoms with Gasteiger partial charge in [-0.15, -0.1) is 0 Å². The first-order chi connectivity index (χ1) is 11.1. The summed E-state index contributed by atoms with van der Waals surface area (Å²) in [6, 6.07) is 1.53. The lowest BCUT2D eigenvalue weighted by molar-refractivity contribution is -0.139. The van der Waals surface area contributed by atoms with Crippen molar-refractivity contribution in [2.45, 2.75) is 88.5 Å². The average molecular weight is 323 g/mol. The van der Waals surface area contributed by atoms with Crippen LogP contribution in [0.25, 0.3) is 0 Å². The molecule has 6 nitrogen and oxygen atoms in total. The van der Waals surface area contributed by atoms with Gasteiger partial charge in [0.2, 0.25) is 5.91 Å². The van der Waals surface area contributed by atoms with Crippen LogP contribution in [0.3, 0.4) is 0 Å². The molecule has 2 unspecified atom stereocenters. The number of aliphatic carboxylic acids is 1. The molecule has 0 aromatic heterocycles. The van der Waals surface area contributed by atoms with E-state index in [0.29, 0.717) is 24.2 Å². The highest BCUT2D eigenvalue weighted by Gasteiger charge is 2.39. The summed E-state index contributed by atoms with van der Waals surface area (Å²) in [4.78, 5) is 22.2. The molecule has 1 aliphatic heterocycles. The zero-order chi connectivity index (χ0) is 16.2. The Morgan fingerprint density at radius 1 is 0.913 bits per heavy atom. The Morgan fingerprint density at radius 2 is 1.52 bits per heavy atom. The second-order valence-corrected chi connectivity index (χ2v) is 7.38. The first-order valence-corrected chi connectivity index (χ1v) is 9.15. The van der Waals surface area contributed by atoms with E-state index in [1.54, 1.807) is 0 Å². The van der Waals surface area contributed by atoms with Crippen LogP contribution in [0.4, 0.5) is 0 Å². The lowest BCUT2D eigenvalue weighted by atomic mass is 9.84. The number of hydrogen-bond donors (Lipinski definition) is 4. The quantitative estimate of drug-likeness (QED) is 0.613. The van der Waals surface area contributed by atoms with Crippen LogP contribution >= 0.6 is 0 Å². The summed E-state index contributed by atoms with van der Waals surface area (Å²) in [5.41, 5.74) is 0. The van der Waals surface area contributed by atoms with Crippen LogP contribution < -0.4 is 16.0 Å². The zero-order valence-corrected chi connectivity index (χ0v) is 13.7. The second-order valence-electron chi connectivity index (χ2n) is 7.38. The van der Waals surface area contributed by atoms with E-state index in [2.05, 4.69) is 16.0 Å². The summed E-state index contributed by atoms with van der Waals surface area (Å²) in [6.45, 7) is 0. The van der Waals surface area contributed by atoms with E-state index in [-0.39, 0.29) is 24.8 Å². The third kappa shape index (κ3) is 4.44. The molecular weight excluding hydrogens is 294 g/mol. The van der Waals surface area contributed by atoms with Crippen LogP contribution in [0.5, 0.6) is 0 Å². The van der Waals surface area contributed by atoms with Crippen molar-refractivity contribution < 1.29 is 14.7 Å². The minimum absolute atomic E-state index is 0.0835. The van der Waals surface area contributed by atoms with Crippen LogP contribution in [0, 0.1) is 5.92 Å². The van der Waals surface area contributed by atoms with Crippen molar-refractivity contribution in [3.63, 3.8) is 0 Å². The fourth-order valence-corrected chi connectivity index (χ4v) is 4.43. The molecule has 2 aliphatic carbocycles. The van der Waals surface area contributed by atoms with Gasteiger partial charge in [-0.25, -0.2) is 0 Å². The molecule has 0 aromatic rings. The second kappa shape index (κ2) is 7.62. The summed E-state index contributed by atoms with van der Waals surface area (Å²) >= 11 is 0. The molecular formula is C17H29N3O3. The SMILES string of the molecule is O=C(O)CCC(=O)NC1CCC(C2NC3CCCCC3N2)CC1. The van der Waals surface area contributed by atoms with Crippen LogP contribution in [0.15, 0.2) is 0 Å². The van der Waals surface area contributed by atoms with E-state index in [1.165, 1.54) is 25.7 Å². The third-order valence-electron chi connectivity index (χ3n) is 5.73. The highest BCUT2D eigenvalue weighted by molar-refractivity contribution is 5.80. The van der Waals surface area contributed by atoms with Gasteiger partial charge in [0.1, 0.15) is 0 Å². The summed E-state index contributed by atoms with van der Waals surface area (Å²) < 4.78 is 0. The number of nitrogens with one attached hydrogen (secondary N) is 3. The molecule has 3 rings (SSSR count). The number of carbonyl (C=O) groups is 2. The number of carboxylic acids is 1. The molecule has 0 aromatic carbocycles. The number of amides is 1. The van der Waals surface area contributed by atoms with Gasteiger partial charge in [0.15, 0.2) is 0 Å². The molecule has 130 valence electrons. The maximum absolute atomic E-state index is 11.7. The van der Waals surface area contributed by atoms with E-state index in [1.807, 2.05) is 0 Å². The summed E-state index contributed by atoms with van der Waals surface area (Å²) in [7, 11) is 0. The summed E-state index contributed by atoms with van der Waals surface area (Å²) in [5, 5.41) is 19.2. The van der Waals surface area contributed by atoms with Gasteiger partial charge in [0.25, 0.3) is 0 Å². The van der Waals surface area contributed by atoms with Gasteiger partial charge in [0.05, 0.1) is 12.6 Å². The van der Waals surface area contributed by atoms with Gasteiger partial charge < -0.3 is 10.4 Å². The van der Waals surface area contributed by atoms with Crippen molar-refractivity contribution in [1.29, 1.82) is 0 Å². The minimum atomic E-state index is -0.913. The Labute approximate surface area is 137 Å². The van der Waals surface area contributed by atoms with Crippen molar-refractivity contribution in [3.05, 3.63) is 0 Å². The molecule has 0 spiro atoms. The van der Waals surface area contributed by atoms with E-state index in [0.717, 1.165) is 25.7 Å². The fraction of sp³-hybridized carbons (Fsp3) is 0.882. The number of carboxylic acid groups (broad SMARTS) is 1. The number of carbonyl (C=O) groups excluding carboxylic acids is 1. The molecule has 6 heteroatoms. The predicted molar refractivity (Wildman–Crippen MR) is 86.9 cm³/mol. The standard InChI is InChI=1S/C17H29N3O3/c21-15(9-10-16(22)23)18-12-7-5-11(6-8-12)17-19-13-3-1-2-4-14(13)20-17/h11-14,17,19-20H,1-10H2,(H,18,21)(H,22,23). The summed E-state index contributed by atoms with van der Waals surface area (Å²) in [5.74, 6) is -0.393. The first kappa shape index (κ1) is 16.7. The number of rotatable bonds is 5. The average Bonchev–Trinajstić information content (AvgIpc) is 2.97. The van der Waals surface area contributed by atoms with Gasteiger partial charge >= 0.3 is 5.97 Å². The van der Waals surface area contributed by atoms with E-state index in [4.69, 9.17) is 5.11 Å². The lowest BCUT2D eigenvalue weighted by Crippen LogP contribution is -2.45. The minimum Gasteiger partial charge on any atom is -0.481 e. The molecule has 1 heterocycles. The van der Waals surface area contributed by atoms with E-state index < -0.39 is 5.97 Å². The zero-order valence-electron chi connectivity index (χ0n) is 13.7. The topological polar surface area (TPSA) is 90.5 Å². The molecule has 1 saturated heterocycles. The van der Waals surface area contributed by atoms with Crippen LogP contribution in [-0.4, -0.2) is 41.3 Å². The number of fused-ring (bicyclic) bond motifs is 1. The monoisotopic (exact) mass is 323 g/mol. The van der Waals surface area contributed by atoms with Gasteiger partial charge in [-0.2, -0.15) is 0 Å². The Bertz CT molecular complexity index is 421. The van der Waals surface area contributed by atoms with Crippen molar-refractivity contribution in [2.24, 2.45) is 5.92 Å². The molecule has 23 heavy (non-hydrogen) atoms. The van der Waals surface area contributed by atoms with Gasteiger partial charge in [-0.3, -0.25) is 20.2 Å². The van der Waals surface area contributed by atoms with Crippen molar-refractivity contribution >= 4 is 11.9 Å². The summed E-state index contributed by atoms with van der Waals surface area (Å²) in [6.07, 6.45) is 9.96. The molecule has 3 aliphatic rings. The third-order valence-corrected chi connectivity index (χ3v) is 5.73. The molecule has 2 saturated carbocycles. The molecule has 1 amide bonds. The highest BCUT2D eigenvalue weighted by atomic mass is 16.4. The predicted octanol–water partition coefficient (Wildman–Crippen LogP) is 1.36. The van der Waals surface area contributed by atoms with Gasteiger partial charge in [-0.1, -0.05) is 12.8 Å². The van der Waals surface area contributed by atoms with Gasteiger partial charge in [0, 0.05) is 24.5 Å². The molecule has 0 bridgehead atoms. The smallest absolute Gasteiger partial charge is 0.303 e. The number of hydrogen-bond acceptors (Lipinski definition) is 4.